The van der Waals surface area contributed by atoms with E-state index in [0.29, 0.717) is 12.2 Å². The highest BCUT2D eigenvalue weighted by atomic mass is 35.5. The zero-order valence-electron chi connectivity index (χ0n) is 9.09. The van der Waals surface area contributed by atoms with E-state index in [4.69, 9.17) is 16.3 Å². The predicted octanol–water partition coefficient (Wildman–Crippen LogP) is 3.23. The molecule has 1 aliphatic carbocycles. The molecule has 0 spiro atoms. The van der Waals surface area contributed by atoms with E-state index in [1.165, 1.54) is 18.2 Å². The van der Waals surface area contributed by atoms with Gasteiger partial charge in [0, 0.05) is 6.42 Å². The summed E-state index contributed by atoms with van der Waals surface area (Å²) in [6.45, 7) is 3.67. The molecule has 0 aromatic heterocycles. The van der Waals surface area contributed by atoms with Crippen LogP contribution in [-0.2, 0) is 4.79 Å². The average molecular weight is 243 g/mol. The lowest BCUT2D eigenvalue weighted by Gasteiger charge is -2.42. The van der Waals surface area contributed by atoms with Crippen LogP contribution in [-0.4, -0.2) is 11.9 Å². The van der Waals surface area contributed by atoms with Gasteiger partial charge in [-0.25, -0.2) is 4.39 Å². The van der Waals surface area contributed by atoms with Gasteiger partial charge >= 0.3 is 0 Å². The molecule has 2 nitrogen and oxygen atoms in total. The number of rotatable bonds is 2. The van der Waals surface area contributed by atoms with Crippen LogP contribution in [0.5, 0.6) is 5.75 Å². The summed E-state index contributed by atoms with van der Waals surface area (Å²) in [4.78, 5) is 11.3. The molecule has 16 heavy (non-hydrogen) atoms. The summed E-state index contributed by atoms with van der Waals surface area (Å²) in [5.41, 5.74) is -0.474. The van der Waals surface area contributed by atoms with E-state index in [1.54, 1.807) is 0 Å². The average Bonchev–Trinajstić information content (AvgIpc) is 2.21. The maximum atomic E-state index is 12.8. The Labute approximate surface area is 98.4 Å². The van der Waals surface area contributed by atoms with Crippen LogP contribution in [0.2, 0.25) is 5.02 Å². The number of ketones is 1. The molecule has 1 aromatic carbocycles. The monoisotopic (exact) mass is 242 g/mol. The molecule has 0 radical (unpaired) electrons. The molecule has 0 bridgehead atoms. The second-order valence-corrected chi connectivity index (χ2v) is 4.94. The van der Waals surface area contributed by atoms with E-state index < -0.39 is 11.2 Å². The summed E-state index contributed by atoms with van der Waals surface area (Å²) in [7, 11) is 0. The number of halogens is 2. The van der Waals surface area contributed by atoms with Gasteiger partial charge in [-0.3, -0.25) is 4.79 Å². The van der Waals surface area contributed by atoms with Crippen molar-refractivity contribution in [3.8, 4) is 5.75 Å². The molecule has 0 heterocycles. The van der Waals surface area contributed by atoms with E-state index in [0.717, 1.165) is 0 Å². The largest absolute Gasteiger partial charge is 0.487 e. The standard InChI is InChI=1S/C12H12ClFO2/c1-12(2)10(15)6-11(12)16-9-4-3-7(14)5-8(9)13/h3-5,11H,6H2,1-2H3. The lowest BCUT2D eigenvalue weighted by molar-refractivity contribution is -0.148. The Balaban J connectivity index is 2.14. The molecule has 0 aliphatic heterocycles. The first-order valence-corrected chi connectivity index (χ1v) is 5.44. The second kappa shape index (κ2) is 3.74. The first kappa shape index (κ1) is 11.4. The lowest BCUT2D eigenvalue weighted by Crippen LogP contribution is -2.53. The summed E-state index contributed by atoms with van der Waals surface area (Å²) in [5, 5.41) is 0.232. The molecular formula is C12H12ClFO2. The number of benzene rings is 1. The molecule has 86 valence electrons. The topological polar surface area (TPSA) is 26.3 Å². The number of carbonyl (C=O) groups is 1. The smallest absolute Gasteiger partial charge is 0.145 e. The van der Waals surface area contributed by atoms with Gasteiger partial charge in [-0.15, -0.1) is 0 Å². The van der Waals surface area contributed by atoms with Crippen molar-refractivity contribution in [2.24, 2.45) is 5.41 Å². The predicted molar refractivity (Wildman–Crippen MR) is 59.2 cm³/mol. The zero-order chi connectivity index (χ0) is 11.9. The van der Waals surface area contributed by atoms with Crippen LogP contribution in [0.15, 0.2) is 18.2 Å². The van der Waals surface area contributed by atoms with Crippen molar-refractivity contribution in [3.63, 3.8) is 0 Å². The second-order valence-electron chi connectivity index (χ2n) is 4.53. The summed E-state index contributed by atoms with van der Waals surface area (Å²) < 4.78 is 18.4. The zero-order valence-corrected chi connectivity index (χ0v) is 9.84. The van der Waals surface area contributed by atoms with Crippen LogP contribution in [0.1, 0.15) is 20.3 Å². The van der Waals surface area contributed by atoms with Crippen LogP contribution in [0.3, 0.4) is 0 Å². The van der Waals surface area contributed by atoms with Crippen LogP contribution >= 0.6 is 11.6 Å². The third kappa shape index (κ3) is 1.80. The van der Waals surface area contributed by atoms with Crippen molar-refractivity contribution >= 4 is 17.4 Å². The molecule has 1 saturated carbocycles. The first-order chi connectivity index (χ1) is 7.41. The van der Waals surface area contributed by atoms with Crippen LogP contribution < -0.4 is 4.74 Å². The Morgan fingerprint density at radius 2 is 2.19 bits per heavy atom. The first-order valence-electron chi connectivity index (χ1n) is 5.06. The molecule has 4 heteroatoms. The van der Waals surface area contributed by atoms with Crippen molar-refractivity contribution in [2.75, 3.05) is 0 Å². The van der Waals surface area contributed by atoms with Crippen molar-refractivity contribution in [1.82, 2.24) is 0 Å². The lowest BCUT2D eigenvalue weighted by atomic mass is 9.68. The Morgan fingerprint density at radius 1 is 1.50 bits per heavy atom. The molecule has 1 unspecified atom stereocenters. The molecule has 1 atom stereocenters. The van der Waals surface area contributed by atoms with Gasteiger partial charge in [-0.2, -0.15) is 0 Å². The molecule has 0 amide bonds. The number of hydrogen-bond donors (Lipinski definition) is 0. The fraction of sp³-hybridized carbons (Fsp3) is 0.417. The summed E-state index contributed by atoms with van der Waals surface area (Å²) in [6, 6.07) is 3.97. The Kier molecular flexibility index (Phi) is 2.66. The van der Waals surface area contributed by atoms with Gasteiger partial charge in [0.05, 0.1) is 10.4 Å². The van der Waals surface area contributed by atoms with Crippen molar-refractivity contribution in [2.45, 2.75) is 26.4 Å². The minimum Gasteiger partial charge on any atom is -0.487 e. The number of ether oxygens (including phenoxy) is 1. The molecule has 0 saturated heterocycles. The van der Waals surface area contributed by atoms with Gasteiger partial charge in [0.2, 0.25) is 0 Å². The highest BCUT2D eigenvalue weighted by Gasteiger charge is 2.49. The van der Waals surface area contributed by atoms with Gasteiger partial charge in [0.25, 0.3) is 0 Å². The molecule has 0 N–H and O–H groups in total. The Hall–Kier alpha value is -1.09. The fourth-order valence-electron chi connectivity index (χ4n) is 1.65. The number of hydrogen-bond acceptors (Lipinski definition) is 2. The maximum absolute atomic E-state index is 12.8. The quantitative estimate of drug-likeness (QED) is 0.796. The highest BCUT2D eigenvalue weighted by molar-refractivity contribution is 6.32. The van der Waals surface area contributed by atoms with E-state index in [2.05, 4.69) is 0 Å². The molecule has 1 fully saturated rings. The van der Waals surface area contributed by atoms with Gasteiger partial charge in [0.15, 0.2) is 0 Å². The summed E-state index contributed by atoms with van der Waals surface area (Å²) >= 11 is 5.83. The van der Waals surface area contributed by atoms with Crippen molar-refractivity contribution < 1.29 is 13.9 Å². The van der Waals surface area contributed by atoms with E-state index in [1.807, 2.05) is 13.8 Å². The highest BCUT2D eigenvalue weighted by Crippen LogP contribution is 2.40. The number of carbonyl (C=O) groups excluding carboxylic acids is 1. The third-order valence-electron chi connectivity index (χ3n) is 3.06. The number of Topliss-reactive ketones (excluding diaryl/α,β-unsaturated/α-hetero) is 1. The minimum absolute atomic E-state index is 0.177. The van der Waals surface area contributed by atoms with Crippen molar-refractivity contribution in [3.05, 3.63) is 29.0 Å². The van der Waals surface area contributed by atoms with Crippen molar-refractivity contribution in [1.29, 1.82) is 0 Å². The molecule has 2 rings (SSSR count). The third-order valence-corrected chi connectivity index (χ3v) is 3.35. The van der Waals surface area contributed by atoms with E-state index in [9.17, 15) is 9.18 Å². The SMILES string of the molecule is CC1(C)C(=O)CC1Oc1ccc(F)cc1Cl. The van der Waals surface area contributed by atoms with Crippen LogP contribution in [0.25, 0.3) is 0 Å². The van der Waals surface area contributed by atoms with Gasteiger partial charge in [0.1, 0.15) is 23.5 Å². The van der Waals surface area contributed by atoms with E-state index >= 15 is 0 Å². The Bertz CT molecular complexity index is 443. The normalized spacial score (nSPS) is 22.8. The van der Waals surface area contributed by atoms with Gasteiger partial charge in [-0.1, -0.05) is 11.6 Å². The maximum Gasteiger partial charge on any atom is 0.145 e. The molecule has 1 aliphatic rings. The summed E-state index contributed by atoms with van der Waals surface area (Å²) in [5.74, 6) is 0.200. The summed E-state index contributed by atoms with van der Waals surface area (Å²) in [6.07, 6.45) is 0.212. The molecular weight excluding hydrogens is 231 g/mol. The van der Waals surface area contributed by atoms with Gasteiger partial charge < -0.3 is 4.74 Å². The molecule has 1 aromatic rings. The minimum atomic E-state index is -0.474. The van der Waals surface area contributed by atoms with Crippen LogP contribution in [0, 0.1) is 11.2 Å². The fourth-order valence-corrected chi connectivity index (χ4v) is 1.86. The Morgan fingerprint density at radius 3 is 2.69 bits per heavy atom. The van der Waals surface area contributed by atoms with Crippen LogP contribution in [0.4, 0.5) is 4.39 Å². The van der Waals surface area contributed by atoms with Gasteiger partial charge in [-0.05, 0) is 32.0 Å². The van der Waals surface area contributed by atoms with E-state index in [-0.39, 0.29) is 16.9 Å².